The number of nitrogens with one attached hydrogen (secondary N) is 1. The fourth-order valence-electron chi connectivity index (χ4n) is 3.34. The zero-order chi connectivity index (χ0) is 14.3. The van der Waals surface area contributed by atoms with Gasteiger partial charge in [-0.25, -0.2) is 0 Å². The first kappa shape index (κ1) is 13.5. The number of anilines is 1. The molecule has 3 nitrogen and oxygen atoms in total. The maximum absolute atomic E-state index is 13.0. The Hall–Kier alpha value is -1.52. The predicted molar refractivity (Wildman–Crippen MR) is 72.2 cm³/mol. The highest BCUT2D eigenvalue weighted by atomic mass is 19.3. The van der Waals surface area contributed by atoms with E-state index >= 15 is 0 Å². The molecule has 0 radical (unpaired) electrons. The second-order valence-corrected chi connectivity index (χ2v) is 6.09. The largest absolute Gasteiger partial charge is 0.586 e. The maximum Gasteiger partial charge on any atom is 0.586 e. The molecule has 1 aromatic carbocycles. The Morgan fingerprint density at radius 1 is 1.05 bits per heavy atom. The molecule has 1 heterocycles. The molecule has 1 aliphatic heterocycles. The predicted octanol–water partition coefficient (Wildman–Crippen LogP) is 4.24. The van der Waals surface area contributed by atoms with Gasteiger partial charge in [0.05, 0.1) is 0 Å². The second kappa shape index (κ2) is 4.79. The van der Waals surface area contributed by atoms with Crippen LogP contribution in [0, 0.1) is 11.8 Å². The van der Waals surface area contributed by atoms with Gasteiger partial charge in [-0.05, 0) is 43.2 Å². The number of ether oxygens (including phenoxy) is 2. The van der Waals surface area contributed by atoms with E-state index in [0.717, 1.165) is 18.5 Å². The highest BCUT2D eigenvalue weighted by Gasteiger charge is 2.43. The lowest BCUT2D eigenvalue weighted by atomic mass is 9.80. The van der Waals surface area contributed by atoms with E-state index in [0.29, 0.717) is 17.9 Å². The number of fused-ring (bicyclic) bond motifs is 1. The number of benzene rings is 1. The van der Waals surface area contributed by atoms with Crippen LogP contribution in [0.3, 0.4) is 0 Å². The molecule has 1 aromatic rings. The lowest BCUT2D eigenvalue weighted by Gasteiger charge is -2.32. The van der Waals surface area contributed by atoms with E-state index in [4.69, 9.17) is 0 Å². The number of hydrogen-bond acceptors (Lipinski definition) is 3. The summed E-state index contributed by atoms with van der Waals surface area (Å²) in [4.78, 5) is 0. The minimum absolute atomic E-state index is 0.0888. The Balaban J connectivity index is 1.70. The van der Waals surface area contributed by atoms with Crippen molar-refractivity contribution in [1.29, 1.82) is 0 Å². The highest BCUT2D eigenvalue weighted by Crippen LogP contribution is 2.42. The number of alkyl halides is 2. The minimum atomic E-state index is -3.55. The van der Waals surface area contributed by atoms with Gasteiger partial charge in [-0.2, -0.15) is 0 Å². The van der Waals surface area contributed by atoms with Gasteiger partial charge in [0.25, 0.3) is 0 Å². The van der Waals surface area contributed by atoms with E-state index in [1.807, 2.05) is 0 Å². The van der Waals surface area contributed by atoms with Crippen LogP contribution in [0.1, 0.15) is 33.1 Å². The molecule has 0 saturated heterocycles. The zero-order valence-corrected chi connectivity index (χ0v) is 11.7. The molecular weight excluding hydrogens is 264 g/mol. The Morgan fingerprint density at radius 2 is 1.70 bits per heavy atom. The monoisotopic (exact) mass is 283 g/mol. The van der Waals surface area contributed by atoms with Crippen LogP contribution in [0.4, 0.5) is 14.5 Å². The molecule has 0 spiro atoms. The van der Waals surface area contributed by atoms with Crippen LogP contribution in [0.25, 0.3) is 0 Å². The van der Waals surface area contributed by atoms with Crippen molar-refractivity contribution in [2.24, 2.45) is 11.8 Å². The van der Waals surface area contributed by atoms with Gasteiger partial charge in [0.2, 0.25) is 0 Å². The van der Waals surface area contributed by atoms with Crippen LogP contribution in [-0.2, 0) is 0 Å². The molecular formula is C15H19F2NO2. The summed E-state index contributed by atoms with van der Waals surface area (Å²) in [6, 6.07) is 5.25. The van der Waals surface area contributed by atoms with Crippen molar-refractivity contribution < 1.29 is 18.3 Å². The lowest BCUT2D eigenvalue weighted by molar-refractivity contribution is -0.286. The quantitative estimate of drug-likeness (QED) is 0.880. The molecule has 2 unspecified atom stereocenters. The second-order valence-electron chi connectivity index (χ2n) is 6.09. The fraction of sp³-hybridized carbons (Fsp3) is 0.600. The van der Waals surface area contributed by atoms with Gasteiger partial charge in [0.15, 0.2) is 11.5 Å². The minimum Gasteiger partial charge on any atom is -0.395 e. The van der Waals surface area contributed by atoms with E-state index in [1.165, 1.54) is 12.5 Å². The maximum atomic E-state index is 13.0. The number of rotatable bonds is 2. The van der Waals surface area contributed by atoms with Crippen LogP contribution in [0.15, 0.2) is 18.2 Å². The van der Waals surface area contributed by atoms with Crippen molar-refractivity contribution in [3.05, 3.63) is 18.2 Å². The zero-order valence-electron chi connectivity index (χ0n) is 11.7. The standard InChI is InChI=1S/C15H19F2NO2/c1-9-5-10(2)7-12(6-9)18-11-3-4-13-14(8-11)20-15(16,17)19-13/h3-4,8-10,12,18H,5-7H2,1-2H3. The third kappa shape index (κ3) is 2.81. The van der Waals surface area contributed by atoms with Crippen molar-refractivity contribution in [3.63, 3.8) is 0 Å². The van der Waals surface area contributed by atoms with Crippen LogP contribution >= 0.6 is 0 Å². The number of hydrogen-bond donors (Lipinski definition) is 1. The summed E-state index contributed by atoms with van der Waals surface area (Å²) >= 11 is 0. The third-order valence-electron chi connectivity index (χ3n) is 3.95. The Labute approximate surface area is 117 Å². The van der Waals surface area contributed by atoms with Crippen LogP contribution in [0.2, 0.25) is 0 Å². The Bertz CT molecular complexity index is 497. The summed E-state index contributed by atoms with van der Waals surface area (Å²) in [5, 5.41) is 3.42. The molecule has 0 amide bonds. The summed E-state index contributed by atoms with van der Waals surface area (Å²) in [6.45, 7) is 4.51. The van der Waals surface area contributed by atoms with Crippen molar-refractivity contribution in [2.45, 2.75) is 45.4 Å². The molecule has 1 aliphatic carbocycles. The van der Waals surface area contributed by atoms with Crippen LogP contribution in [0.5, 0.6) is 11.5 Å². The van der Waals surface area contributed by atoms with Crippen LogP contribution < -0.4 is 14.8 Å². The summed E-state index contributed by atoms with van der Waals surface area (Å²) in [7, 11) is 0. The fourth-order valence-corrected chi connectivity index (χ4v) is 3.34. The molecule has 0 aromatic heterocycles. The average molecular weight is 283 g/mol. The third-order valence-corrected chi connectivity index (χ3v) is 3.95. The first-order valence-electron chi connectivity index (χ1n) is 7.08. The Morgan fingerprint density at radius 3 is 2.40 bits per heavy atom. The van der Waals surface area contributed by atoms with E-state index in [1.54, 1.807) is 12.1 Å². The van der Waals surface area contributed by atoms with Gasteiger partial charge in [-0.1, -0.05) is 13.8 Å². The topological polar surface area (TPSA) is 30.5 Å². The lowest BCUT2D eigenvalue weighted by Crippen LogP contribution is -2.30. The SMILES string of the molecule is CC1CC(C)CC(Nc2ccc3c(c2)OC(F)(F)O3)C1. The van der Waals surface area contributed by atoms with E-state index < -0.39 is 6.29 Å². The first-order valence-corrected chi connectivity index (χ1v) is 7.08. The van der Waals surface area contributed by atoms with E-state index in [2.05, 4.69) is 28.6 Å². The molecule has 110 valence electrons. The first-order chi connectivity index (χ1) is 9.41. The molecule has 0 bridgehead atoms. The van der Waals surface area contributed by atoms with Gasteiger partial charge in [0.1, 0.15) is 0 Å². The molecule has 3 rings (SSSR count). The molecule has 5 heteroatoms. The van der Waals surface area contributed by atoms with Gasteiger partial charge < -0.3 is 14.8 Å². The van der Waals surface area contributed by atoms with Gasteiger partial charge in [0, 0.05) is 17.8 Å². The molecule has 2 aliphatic rings. The smallest absolute Gasteiger partial charge is 0.395 e. The van der Waals surface area contributed by atoms with E-state index in [9.17, 15) is 8.78 Å². The van der Waals surface area contributed by atoms with Crippen molar-refractivity contribution in [3.8, 4) is 11.5 Å². The molecule has 1 saturated carbocycles. The van der Waals surface area contributed by atoms with Gasteiger partial charge in [-0.15, -0.1) is 8.78 Å². The van der Waals surface area contributed by atoms with E-state index in [-0.39, 0.29) is 11.5 Å². The molecule has 2 atom stereocenters. The van der Waals surface area contributed by atoms with Crippen molar-refractivity contribution in [1.82, 2.24) is 0 Å². The molecule has 1 fully saturated rings. The Kier molecular flexibility index (Phi) is 3.22. The average Bonchev–Trinajstić information content (AvgIpc) is 2.60. The van der Waals surface area contributed by atoms with Crippen LogP contribution in [-0.4, -0.2) is 12.3 Å². The van der Waals surface area contributed by atoms with Gasteiger partial charge >= 0.3 is 6.29 Å². The molecule has 1 N–H and O–H groups in total. The van der Waals surface area contributed by atoms with Crippen molar-refractivity contribution >= 4 is 5.69 Å². The summed E-state index contributed by atoms with van der Waals surface area (Å²) in [5.74, 6) is 1.56. The molecule has 20 heavy (non-hydrogen) atoms. The summed E-state index contributed by atoms with van der Waals surface area (Å²) in [5.41, 5.74) is 0.802. The number of halogens is 2. The summed E-state index contributed by atoms with van der Waals surface area (Å²) < 4.78 is 34.8. The highest BCUT2D eigenvalue weighted by molar-refractivity contribution is 5.56. The normalized spacial score (nSPS) is 31.1. The van der Waals surface area contributed by atoms with Crippen molar-refractivity contribution in [2.75, 3.05) is 5.32 Å². The van der Waals surface area contributed by atoms with Gasteiger partial charge in [-0.3, -0.25) is 0 Å². The summed E-state index contributed by atoms with van der Waals surface area (Å²) in [6.07, 6.45) is -0.0791.